The maximum absolute atomic E-state index is 5.42. The van der Waals surface area contributed by atoms with Crippen LogP contribution in [0.4, 0.5) is 0 Å². The van der Waals surface area contributed by atoms with Gasteiger partial charge in [-0.05, 0) is 36.7 Å². The third-order valence-corrected chi connectivity index (χ3v) is 5.85. The fourth-order valence-electron chi connectivity index (χ4n) is 3.22. The predicted molar refractivity (Wildman–Crippen MR) is 138 cm³/mol. The zero-order valence-corrected chi connectivity index (χ0v) is 22.1. The number of nitrogens with one attached hydrogen (secondary N) is 2. The Morgan fingerprint density at radius 2 is 1.97 bits per heavy atom. The Morgan fingerprint density at radius 3 is 2.53 bits per heavy atom. The lowest BCUT2D eigenvalue weighted by Crippen LogP contribution is -2.43. The molecule has 0 amide bonds. The van der Waals surface area contributed by atoms with Crippen molar-refractivity contribution < 1.29 is 4.74 Å². The predicted octanol–water partition coefficient (Wildman–Crippen LogP) is 4.64. The van der Waals surface area contributed by atoms with Crippen molar-refractivity contribution in [3.63, 3.8) is 0 Å². The number of nitrogens with zero attached hydrogens (tertiary/aromatic N) is 3. The molecule has 1 aromatic heterocycles. The summed E-state index contributed by atoms with van der Waals surface area (Å²) in [7, 11) is 3.51. The molecule has 0 bridgehead atoms. The van der Waals surface area contributed by atoms with E-state index < -0.39 is 0 Å². The van der Waals surface area contributed by atoms with E-state index in [2.05, 4.69) is 70.7 Å². The topological polar surface area (TPSA) is 61.8 Å². The van der Waals surface area contributed by atoms with Crippen molar-refractivity contribution in [2.24, 2.45) is 4.99 Å². The van der Waals surface area contributed by atoms with Gasteiger partial charge in [0.05, 0.1) is 25.4 Å². The number of aromatic nitrogens is 1. The van der Waals surface area contributed by atoms with Gasteiger partial charge in [-0.1, -0.05) is 39.8 Å². The van der Waals surface area contributed by atoms with Crippen LogP contribution in [-0.2, 0) is 6.54 Å². The van der Waals surface area contributed by atoms with E-state index in [1.807, 2.05) is 12.1 Å². The van der Waals surface area contributed by atoms with E-state index >= 15 is 0 Å². The van der Waals surface area contributed by atoms with Gasteiger partial charge in [0.15, 0.2) is 5.96 Å². The Hall–Kier alpha value is -1.39. The summed E-state index contributed by atoms with van der Waals surface area (Å²) in [5, 5.41) is 10.1. The molecule has 0 saturated carbocycles. The Labute approximate surface area is 202 Å². The van der Waals surface area contributed by atoms with E-state index in [1.54, 1.807) is 25.5 Å². The van der Waals surface area contributed by atoms with E-state index in [4.69, 9.17) is 4.74 Å². The van der Waals surface area contributed by atoms with Crippen molar-refractivity contribution in [2.75, 3.05) is 33.8 Å². The summed E-state index contributed by atoms with van der Waals surface area (Å²) in [5.74, 6) is 2.12. The summed E-state index contributed by atoms with van der Waals surface area (Å²) in [6.45, 7) is 12.1. The molecule has 2 aromatic rings. The molecule has 0 aliphatic rings. The highest BCUT2D eigenvalue weighted by molar-refractivity contribution is 14.0. The van der Waals surface area contributed by atoms with Crippen molar-refractivity contribution in [3.8, 4) is 5.75 Å². The van der Waals surface area contributed by atoms with Gasteiger partial charge < -0.3 is 15.4 Å². The molecule has 0 saturated heterocycles. The highest BCUT2D eigenvalue weighted by Crippen LogP contribution is 2.24. The maximum atomic E-state index is 5.42. The number of halogens is 1. The molecule has 1 unspecified atom stereocenters. The summed E-state index contributed by atoms with van der Waals surface area (Å²) in [4.78, 5) is 11.5. The normalized spacial score (nSPS) is 12.6. The fraction of sp³-hybridized carbons (Fsp3) is 0.545. The Kier molecular flexibility index (Phi) is 12.3. The van der Waals surface area contributed by atoms with Gasteiger partial charge in [0, 0.05) is 19.0 Å². The van der Waals surface area contributed by atoms with Gasteiger partial charge in [-0.15, -0.1) is 35.3 Å². The molecule has 2 N–H and O–H groups in total. The first-order valence-corrected chi connectivity index (χ1v) is 11.2. The van der Waals surface area contributed by atoms with Crippen LogP contribution in [0.5, 0.6) is 5.75 Å². The lowest BCUT2D eigenvalue weighted by Gasteiger charge is -2.31. The molecule has 6 nitrogen and oxygen atoms in total. The van der Waals surface area contributed by atoms with Crippen molar-refractivity contribution in [3.05, 3.63) is 45.9 Å². The van der Waals surface area contributed by atoms with Crippen LogP contribution in [0.15, 0.2) is 34.6 Å². The van der Waals surface area contributed by atoms with Gasteiger partial charge in [-0.2, -0.15) is 0 Å². The number of methoxy groups -OCH3 is 1. The number of hydrogen-bond donors (Lipinski definition) is 2. The van der Waals surface area contributed by atoms with Crippen LogP contribution in [0, 0.1) is 0 Å². The monoisotopic (exact) mass is 545 g/mol. The first kappa shape index (κ1) is 26.6. The molecule has 2 rings (SSSR count). The molecular weight excluding hydrogens is 509 g/mol. The molecule has 1 atom stereocenters. The van der Waals surface area contributed by atoms with Gasteiger partial charge in [-0.25, -0.2) is 4.98 Å². The molecule has 168 valence electrons. The average molecular weight is 546 g/mol. The van der Waals surface area contributed by atoms with Crippen LogP contribution >= 0.6 is 35.3 Å². The second-order valence-corrected chi connectivity index (χ2v) is 8.08. The first-order valence-electron chi connectivity index (χ1n) is 10.3. The Bertz CT molecular complexity index is 776. The summed E-state index contributed by atoms with van der Waals surface area (Å²) >= 11 is 1.69. The van der Waals surface area contributed by atoms with Crippen molar-refractivity contribution in [1.82, 2.24) is 20.5 Å². The summed E-state index contributed by atoms with van der Waals surface area (Å²) < 4.78 is 5.42. The summed E-state index contributed by atoms with van der Waals surface area (Å²) in [6.07, 6.45) is 0. The molecule has 8 heteroatoms. The number of thiazole rings is 1. The second kappa shape index (κ2) is 13.8. The third kappa shape index (κ3) is 7.70. The largest absolute Gasteiger partial charge is 0.497 e. The Balaban J connectivity index is 0.00000450. The minimum Gasteiger partial charge on any atom is -0.497 e. The smallest absolute Gasteiger partial charge is 0.191 e. The number of guanidine groups is 1. The van der Waals surface area contributed by atoms with E-state index in [1.165, 1.54) is 5.56 Å². The highest BCUT2D eigenvalue weighted by atomic mass is 127. The number of rotatable bonds is 10. The van der Waals surface area contributed by atoms with Crippen molar-refractivity contribution >= 4 is 41.3 Å². The van der Waals surface area contributed by atoms with Crippen LogP contribution in [0.2, 0.25) is 0 Å². The summed E-state index contributed by atoms with van der Waals surface area (Å²) in [6, 6.07) is 8.53. The van der Waals surface area contributed by atoms with Gasteiger partial charge in [0.1, 0.15) is 10.8 Å². The highest BCUT2D eigenvalue weighted by Gasteiger charge is 2.19. The number of ether oxygens (including phenoxy) is 1. The lowest BCUT2D eigenvalue weighted by molar-refractivity contribution is 0.218. The molecule has 0 aliphatic heterocycles. The molecule has 1 aromatic carbocycles. The van der Waals surface area contributed by atoms with Gasteiger partial charge in [0.25, 0.3) is 0 Å². The van der Waals surface area contributed by atoms with Crippen LogP contribution in [0.1, 0.15) is 55.9 Å². The van der Waals surface area contributed by atoms with E-state index in [9.17, 15) is 0 Å². The van der Waals surface area contributed by atoms with Crippen molar-refractivity contribution in [2.45, 2.75) is 46.2 Å². The maximum Gasteiger partial charge on any atom is 0.191 e. The number of aliphatic imine (C=N–C) groups is 1. The van der Waals surface area contributed by atoms with E-state index in [0.29, 0.717) is 12.5 Å². The zero-order valence-electron chi connectivity index (χ0n) is 18.9. The average Bonchev–Trinajstić information content (AvgIpc) is 3.22. The molecule has 1 heterocycles. The second-order valence-electron chi connectivity index (χ2n) is 7.14. The van der Waals surface area contributed by atoms with Crippen LogP contribution in [-0.4, -0.2) is 49.6 Å². The van der Waals surface area contributed by atoms with E-state index in [0.717, 1.165) is 42.0 Å². The molecule has 0 fully saturated rings. The van der Waals surface area contributed by atoms with Gasteiger partial charge in [-0.3, -0.25) is 9.89 Å². The van der Waals surface area contributed by atoms with Crippen LogP contribution in [0.25, 0.3) is 0 Å². The molecule has 0 radical (unpaired) electrons. The summed E-state index contributed by atoms with van der Waals surface area (Å²) in [5.41, 5.74) is 2.38. The standard InChI is InChI=1S/C22H35N5OS.HI/c1-7-27(8-2)20(17-10-9-11-18(12-17)28-6)13-24-22(23-5)25-14-21-26-19(15-29-21)16(3)4;/h9-12,15-16,20H,7-8,13-14H2,1-6H3,(H2,23,24,25);1H. The number of hydrogen-bond acceptors (Lipinski definition) is 5. The quantitative estimate of drug-likeness (QED) is 0.259. The van der Waals surface area contributed by atoms with Crippen molar-refractivity contribution in [1.29, 1.82) is 0 Å². The van der Waals surface area contributed by atoms with Gasteiger partial charge >= 0.3 is 0 Å². The fourth-order valence-corrected chi connectivity index (χ4v) is 4.11. The minimum absolute atomic E-state index is 0. The zero-order chi connectivity index (χ0) is 21.2. The third-order valence-electron chi connectivity index (χ3n) is 4.99. The lowest BCUT2D eigenvalue weighted by atomic mass is 10.0. The van der Waals surface area contributed by atoms with E-state index in [-0.39, 0.29) is 30.0 Å². The molecule has 0 aliphatic carbocycles. The molecular formula is C22H36IN5OS. The first-order chi connectivity index (χ1) is 14.0. The minimum atomic E-state index is 0. The van der Waals surface area contributed by atoms with Gasteiger partial charge in [0.2, 0.25) is 0 Å². The Morgan fingerprint density at radius 1 is 1.23 bits per heavy atom. The molecule has 0 spiro atoms. The van der Waals surface area contributed by atoms with Crippen LogP contribution in [0.3, 0.4) is 0 Å². The molecule has 30 heavy (non-hydrogen) atoms. The number of benzene rings is 1. The number of likely N-dealkylation sites (N-methyl/N-ethyl adjacent to an activating group) is 1. The van der Waals surface area contributed by atoms with Crippen LogP contribution < -0.4 is 15.4 Å². The SMILES string of the molecule is CCN(CC)C(CNC(=NC)NCc1nc(C(C)C)cs1)c1cccc(OC)c1.I.